The predicted octanol–water partition coefficient (Wildman–Crippen LogP) is 2.09. The molecule has 5 nitrogen and oxygen atoms in total. The number of nitrogens with zero attached hydrogens (tertiary/aromatic N) is 1. The molecule has 0 aromatic heterocycles. The van der Waals surface area contributed by atoms with Crippen molar-refractivity contribution in [1.29, 1.82) is 0 Å². The van der Waals surface area contributed by atoms with Crippen LogP contribution in [-0.2, 0) is 9.53 Å². The van der Waals surface area contributed by atoms with E-state index in [9.17, 15) is 9.59 Å². The summed E-state index contributed by atoms with van der Waals surface area (Å²) in [6.45, 7) is 3.03. The van der Waals surface area contributed by atoms with E-state index in [0.29, 0.717) is 10.7 Å². The van der Waals surface area contributed by atoms with Crippen LogP contribution >= 0.6 is 11.6 Å². The molecule has 1 aromatic rings. The molecule has 108 valence electrons. The number of amides is 1. The van der Waals surface area contributed by atoms with E-state index in [2.05, 4.69) is 0 Å². The Morgan fingerprint density at radius 2 is 1.95 bits per heavy atom. The molecule has 1 saturated heterocycles. The number of carbonyl (C=O) groups excluding carboxylic acids is 2. The number of nitrogen functional groups attached to an aromatic ring is 1. The van der Waals surface area contributed by atoms with Crippen LogP contribution < -0.4 is 5.73 Å². The lowest BCUT2D eigenvalue weighted by atomic mass is 10.2. The van der Waals surface area contributed by atoms with Crippen LogP contribution in [0.2, 0.25) is 5.02 Å². The first kappa shape index (κ1) is 14.7. The Bertz CT molecular complexity index is 507. The van der Waals surface area contributed by atoms with Gasteiger partial charge in [0.25, 0.3) is 5.91 Å². The predicted molar refractivity (Wildman–Crippen MR) is 76.6 cm³/mol. The van der Waals surface area contributed by atoms with Crippen molar-refractivity contribution in [2.45, 2.75) is 25.9 Å². The highest BCUT2D eigenvalue weighted by Gasteiger charge is 2.26. The van der Waals surface area contributed by atoms with Crippen LogP contribution in [0.3, 0.4) is 0 Å². The summed E-state index contributed by atoms with van der Waals surface area (Å²) in [5, 5.41) is 0.357. The van der Waals surface area contributed by atoms with E-state index >= 15 is 0 Å². The lowest BCUT2D eigenvalue weighted by Crippen LogP contribution is -2.38. The molecular formula is C14H17ClN2O3. The Balaban J connectivity index is 2.01. The van der Waals surface area contributed by atoms with Gasteiger partial charge in [0, 0.05) is 23.8 Å². The maximum Gasteiger partial charge on any atom is 0.339 e. The molecule has 1 unspecified atom stereocenters. The number of anilines is 1. The normalized spacial score (nSPS) is 16.0. The minimum atomic E-state index is -0.805. The van der Waals surface area contributed by atoms with Gasteiger partial charge in [-0.1, -0.05) is 11.6 Å². The first-order valence-electron chi connectivity index (χ1n) is 6.53. The number of carbonyl (C=O) groups is 2. The topological polar surface area (TPSA) is 72.6 Å². The molecule has 6 heteroatoms. The van der Waals surface area contributed by atoms with E-state index in [1.807, 2.05) is 0 Å². The standard InChI is InChI=1S/C14H17ClN2O3/c1-9(13(18)17-4-2-3-5-17)20-14(19)10-6-11(15)8-12(16)7-10/h6-9H,2-5,16H2,1H3. The summed E-state index contributed by atoms with van der Waals surface area (Å²) in [6.07, 6.45) is 1.19. The second-order valence-electron chi connectivity index (χ2n) is 4.85. The van der Waals surface area contributed by atoms with Crippen molar-refractivity contribution in [2.75, 3.05) is 18.8 Å². The van der Waals surface area contributed by atoms with Gasteiger partial charge in [0.1, 0.15) is 0 Å². The van der Waals surface area contributed by atoms with Gasteiger partial charge < -0.3 is 15.4 Å². The third-order valence-corrected chi connectivity index (χ3v) is 3.42. The van der Waals surface area contributed by atoms with E-state index in [4.69, 9.17) is 22.1 Å². The number of benzene rings is 1. The third-order valence-electron chi connectivity index (χ3n) is 3.21. The number of halogens is 1. The third kappa shape index (κ3) is 3.42. The molecule has 0 spiro atoms. The van der Waals surface area contributed by atoms with E-state index in [1.54, 1.807) is 11.8 Å². The maximum atomic E-state index is 12.0. The molecule has 0 radical (unpaired) electrons. The summed E-state index contributed by atoms with van der Waals surface area (Å²) in [5.74, 6) is -0.759. The van der Waals surface area contributed by atoms with Crippen molar-refractivity contribution in [1.82, 2.24) is 4.90 Å². The second-order valence-corrected chi connectivity index (χ2v) is 5.29. The summed E-state index contributed by atoms with van der Waals surface area (Å²) >= 11 is 5.83. The monoisotopic (exact) mass is 296 g/mol. The van der Waals surface area contributed by atoms with Gasteiger partial charge in [-0.25, -0.2) is 4.79 Å². The molecule has 1 aliphatic rings. The molecule has 0 aliphatic carbocycles. The number of rotatable bonds is 3. The molecule has 20 heavy (non-hydrogen) atoms. The number of likely N-dealkylation sites (tertiary alicyclic amines) is 1. The number of hydrogen-bond donors (Lipinski definition) is 1. The van der Waals surface area contributed by atoms with E-state index in [1.165, 1.54) is 18.2 Å². The van der Waals surface area contributed by atoms with Crippen LogP contribution in [-0.4, -0.2) is 36.0 Å². The van der Waals surface area contributed by atoms with Gasteiger partial charge in [0.05, 0.1) is 5.56 Å². The minimum Gasteiger partial charge on any atom is -0.449 e. The zero-order chi connectivity index (χ0) is 14.7. The number of esters is 1. The average molecular weight is 297 g/mol. The van der Waals surface area contributed by atoms with Crippen molar-refractivity contribution in [3.8, 4) is 0 Å². The van der Waals surface area contributed by atoms with Crippen molar-refractivity contribution >= 4 is 29.2 Å². The molecule has 2 rings (SSSR count). The first-order valence-corrected chi connectivity index (χ1v) is 6.91. The highest BCUT2D eigenvalue weighted by Crippen LogP contribution is 2.18. The van der Waals surface area contributed by atoms with Crippen molar-refractivity contribution in [2.24, 2.45) is 0 Å². The lowest BCUT2D eigenvalue weighted by molar-refractivity contribution is -0.138. The smallest absolute Gasteiger partial charge is 0.339 e. The van der Waals surface area contributed by atoms with Gasteiger partial charge in [0.2, 0.25) is 0 Å². The zero-order valence-electron chi connectivity index (χ0n) is 11.3. The molecule has 0 saturated carbocycles. The minimum absolute atomic E-state index is 0.161. The molecular weight excluding hydrogens is 280 g/mol. The maximum absolute atomic E-state index is 12.0. The fraction of sp³-hybridized carbons (Fsp3) is 0.429. The van der Waals surface area contributed by atoms with Crippen LogP contribution in [0, 0.1) is 0 Å². The average Bonchev–Trinajstić information content (AvgIpc) is 2.90. The van der Waals surface area contributed by atoms with Gasteiger partial charge >= 0.3 is 5.97 Å². The van der Waals surface area contributed by atoms with Crippen LogP contribution in [0.5, 0.6) is 0 Å². The molecule has 1 aliphatic heterocycles. The van der Waals surface area contributed by atoms with Gasteiger partial charge in [-0.05, 0) is 38.0 Å². The van der Waals surface area contributed by atoms with Gasteiger partial charge in [-0.15, -0.1) is 0 Å². The van der Waals surface area contributed by atoms with Crippen molar-refractivity contribution in [3.63, 3.8) is 0 Å². The summed E-state index contributed by atoms with van der Waals surface area (Å²) in [7, 11) is 0. The van der Waals surface area contributed by atoms with Gasteiger partial charge in [0.15, 0.2) is 6.10 Å². The van der Waals surface area contributed by atoms with Crippen LogP contribution in [0.25, 0.3) is 0 Å². The quantitative estimate of drug-likeness (QED) is 0.685. The highest BCUT2D eigenvalue weighted by molar-refractivity contribution is 6.31. The van der Waals surface area contributed by atoms with Crippen LogP contribution in [0.15, 0.2) is 18.2 Å². The molecule has 2 N–H and O–H groups in total. The molecule has 1 amide bonds. The largest absolute Gasteiger partial charge is 0.449 e. The van der Waals surface area contributed by atoms with Gasteiger partial charge in [-0.3, -0.25) is 4.79 Å². The molecule has 0 bridgehead atoms. The Hall–Kier alpha value is -1.75. The SMILES string of the molecule is CC(OC(=O)c1cc(N)cc(Cl)c1)C(=O)N1CCCC1. The summed E-state index contributed by atoms with van der Waals surface area (Å²) in [6, 6.07) is 4.48. The number of ether oxygens (including phenoxy) is 1. The molecule has 1 heterocycles. The van der Waals surface area contributed by atoms with Crippen LogP contribution in [0.1, 0.15) is 30.1 Å². The Kier molecular flexibility index (Phi) is 4.49. The number of nitrogens with two attached hydrogens (primary N) is 1. The van der Waals surface area contributed by atoms with Crippen molar-refractivity contribution in [3.05, 3.63) is 28.8 Å². The second kappa shape index (κ2) is 6.13. The summed E-state index contributed by atoms with van der Waals surface area (Å²) < 4.78 is 5.18. The van der Waals surface area contributed by atoms with Crippen LogP contribution in [0.4, 0.5) is 5.69 Å². The Labute approximate surface area is 122 Å². The highest BCUT2D eigenvalue weighted by atomic mass is 35.5. The van der Waals surface area contributed by atoms with E-state index in [-0.39, 0.29) is 11.5 Å². The molecule has 1 aromatic carbocycles. The molecule has 1 fully saturated rings. The van der Waals surface area contributed by atoms with Gasteiger partial charge in [-0.2, -0.15) is 0 Å². The van der Waals surface area contributed by atoms with Crippen molar-refractivity contribution < 1.29 is 14.3 Å². The molecule has 1 atom stereocenters. The van der Waals surface area contributed by atoms with E-state index in [0.717, 1.165) is 25.9 Å². The number of hydrogen-bond acceptors (Lipinski definition) is 4. The first-order chi connectivity index (χ1) is 9.47. The fourth-order valence-electron chi connectivity index (χ4n) is 2.20. The Morgan fingerprint density at radius 1 is 1.30 bits per heavy atom. The summed E-state index contributed by atoms with van der Waals surface area (Å²) in [4.78, 5) is 25.7. The summed E-state index contributed by atoms with van der Waals surface area (Å²) in [5.41, 5.74) is 6.24. The zero-order valence-corrected chi connectivity index (χ0v) is 12.0. The van der Waals surface area contributed by atoms with E-state index < -0.39 is 12.1 Å². The fourth-order valence-corrected chi connectivity index (χ4v) is 2.45. The lowest BCUT2D eigenvalue weighted by Gasteiger charge is -2.20. The Morgan fingerprint density at radius 3 is 2.55 bits per heavy atom.